The highest BCUT2D eigenvalue weighted by molar-refractivity contribution is 9.10. The van der Waals surface area contributed by atoms with Crippen LogP contribution in [0, 0.1) is 0 Å². The highest BCUT2D eigenvalue weighted by Crippen LogP contribution is 2.38. The lowest BCUT2D eigenvalue weighted by Gasteiger charge is -2.20. The van der Waals surface area contributed by atoms with Crippen LogP contribution in [0.4, 0.5) is 5.00 Å². The Kier molecular flexibility index (Phi) is 8.75. The van der Waals surface area contributed by atoms with Crippen molar-refractivity contribution in [3.8, 4) is 16.9 Å². The van der Waals surface area contributed by atoms with Gasteiger partial charge in [0.05, 0.1) is 18.2 Å². The van der Waals surface area contributed by atoms with Crippen molar-refractivity contribution in [3.63, 3.8) is 0 Å². The number of hydrogen-bond donors (Lipinski definition) is 1. The number of halogens is 1. The summed E-state index contributed by atoms with van der Waals surface area (Å²) in [6.07, 6.45) is 5.41. The summed E-state index contributed by atoms with van der Waals surface area (Å²) in [5.41, 5.74) is 6.20. The molecule has 4 rings (SSSR count). The van der Waals surface area contributed by atoms with Crippen molar-refractivity contribution in [3.05, 3.63) is 68.5 Å². The van der Waals surface area contributed by atoms with E-state index in [1.54, 1.807) is 0 Å². The predicted octanol–water partition coefficient (Wildman–Crippen LogP) is 7.94. The third-order valence-electron chi connectivity index (χ3n) is 6.70. The zero-order chi connectivity index (χ0) is 26.6. The maximum absolute atomic E-state index is 12.7. The molecule has 0 unspecified atom stereocenters. The van der Waals surface area contributed by atoms with Crippen molar-refractivity contribution in [2.24, 2.45) is 0 Å². The van der Waals surface area contributed by atoms with E-state index in [0.29, 0.717) is 23.6 Å². The summed E-state index contributed by atoms with van der Waals surface area (Å²) in [6.45, 7) is 6.92. The van der Waals surface area contributed by atoms with Crippen molar-refractivity contribution < 1.29 is 19.1 Å². The smallest absolute Gasteiger partial charge is 0.341 e. The quantitative estimate of drug-likeness (QED) is 0.216. The molecule has 0 aliphatic heterocycles. The Balaban J connectivity index is 1.38. The van der Waals surface area contributed by atoms with Gasteiger partial charge in [-0.15, -0.1) is 11.3 Å². The molecule has 1 N–H and O–H groups in total. The number of anilines is 1. The summed E-state index contributed by atoms with van der Waals surface area (Å²) >= 11 is 4.94. The van der Waals surface area contributed by atoms with E-state index >= 15 is 0 Å². The summed E-state index contributed by atoms with van der Waals surface area (Å²) in [7, 11) is 1.37. The third kappa shape index (κ3) is 6.63. The molecule has 0 saturated heterocycles. The van der Waals surface area contributed by atoms with Crippen molar-refractivity contribution in [1.82, 2.24) is 0 Å². The molecule has 1 heterocycles. The Morgan fingerprint density at radius 3 is 2.51 bits per heavy atom. The van der Waals surface area contributed by atoms with Crippen LogP contribution in [0.3, 0.4) is 0 Å². The fourth-order valence-corrected chi connectivity index (χ4v) is 6.02. The van der Waals surface area contributed by atoms with Gasteiger partial charge in [-0.25, -0.2) is 4.79 Å². The maximum Gasteiger partial charge on any atom is 0.341 e. The van der Waals surface area contributed by atoms with E-state index in [4.69, 9.17) is 9.47 Å². The molecule has 37 heavy (non-hydrogen) atoms. The first kappa shape index (κ1) is 27.4. The molecule has 2 aromatic carbocycles. The fourth-order valence-electron chi connectivity index (χ4n) is 4.56. The molecule has 1 aliphatic carbocycles. The van der Waals surface area contributed by atoms with Gasteiger partial charge in [-0.3, -0.25) is 4.79 Å². The van der Waals surface area contributed by atoms with Gasteiger partial charge >= 0.3 is 5.97 Å². The van der Waals surface area contributed by atoms with Crippen molar-refractivity contribution in [2.75, 3.05) is 19.0 Å². The van der Waals surface area contributed by atoms with Gasteiger partial charge in [0.25, 0.3) is 0 Å². The van der Waals surface area contributed by atoms with Crippen LogP contribution in [-0.4, -0.2) is 25.6 Å². The number of ether oxygens (including phenoxy) is 2. The highest BCUT2D eigenvalue weighted by Gasteiger charge is 2.23. The predicted molar refractivity (Wildman–Crippen MR) is 154 cm³/mol. The number of nitrogens with one attached hydrogen (secondary N) is 1. The zero-order valence-electron chi connectivity index (χ0n) is 21.9. The number of rotatable bonds is 8. The van der Waals surface area contributed by atoms with Gasteiger partial charge in [0, 0.05) is 17.4 Å². The summed E-state index contributed by atoms with van der Waals surface area (Å²) in [5.74, 6) is 0.153. The normalized spacial score (nSPS) is 13.1. The van der Waals surface area contributed by atoms with E-state index < -0.39 is 5.97 Å². The van der Waals surface area contributed by atoms with Gasteiger partial charge in [0.15, 0.2) is 0 Å². The number of methoxy groups -OCH3 is 1. The average molecular weight is 585 g/mol. The molecule has 196 valence electrons. The first-order valence-electron chi connectivity index (χ1n) is 12.7. The molecule has 7 heteroatoms. The van der Waals surface area contributed by atoms with E-state index in [-0.39, 0.29) is 17.7 Å². The van der Waals surface area contributed by atoms with Gasteiger partial charge in [0.1, 0.15) is 16.3 Å². The van der Waals surface area contributed by atoms with Gasteiger partial charge in [-0.05, 0) is 87.8 Å². The minimum absolute atomic E-state index is 0.0593. The molecular weight excluding hydrogens is 550 g/mol. The Morgan fingerprint density at radius 1 is 1.05 bits per heavy atom. The number of thiophene rings is 1. The third-order valence-corrected chi connectivity index (χ3v) is 8.21. The number of esters is 1. The van der Waals surface area contributed by atoms with Crippen LogP contribution in [0.1, 0.15) is 73.5 Å². The molecule has 0 bridgehead atoms. The summed E-state index contributed by atoms with van der Waals surface area (Å²) < 4.78 is 11.9. The summed E-state index contributed by atoms with van der Waals surface area (Å²) in [5, 5.41) is 5.37. The lowest BCUT2D eigenvalue weighted by Crippen LogP contribution is -2.15. The number of fused-ring (bicyclic) bond motifs is 1. The second kappa shape index (κ2) is 11.8. The molecule has 0 fully saturated rings. The SMILES string of the molecule is COC(=O)c1c(-c2ccc3c(c2)CCCC3)csc1NC(=O)CCCOc1ccc(C(C)(C)C)cc1Br. The summed E-state index contributed by atoms with van der Waals surface area (Å²) in [6, 6.07) is 12.5. The molecule has 0 spiro atoms. The van der Waals surface area contributed by atoms with Crippen LogP contribution >= 0.6 is 27.3 Å². The van der Waals surface area contributed by atoms with Crippen molar-refractivity contribution >= 4 is 44.1 Å². The Labute approximate surface area is 231 Å². The molecule has 1 aromatic heterocycles. The fraction of sp³-hybridized carbons (Fsp3) is 0.400. The lowest BCUT2D eigenvalue weighted by molar-refractivity contribution is -0.116. The number of aryl methyl sites for hydroxylation is 2. The number of hydrogen-bond acceptors (Lipinski definition) is 5. The largest absolute Gasteiger partial charge is 0.492 e. The first-order chi connectivity index (χ1) is 17.7. The number of benzene rings is 2. The van der Waals surface area contributed by atoms with Crippen LogP contribution in [0.25, 0.3) is 11.1 Å². The van der Waals surface area contributed by atoms with Crippen LogP contribution < -0.4 is 10.1 Å². The molecule has 5 nitrogen and oxygen atoms in total. The van der Waals surface area contributed by atoms with E-state index in [9.17, 15) is 9.59 Å². The van der Waals surface area contributed by atoms with Gasteiger partial charge < -0.3 is 14.8 Å². The minimum atomic E-state index is -0.448. The second-order valence-corrected chi connectivity index (χ2v) is 12.2. The van der Waals surface area contributed by atoms with Gasteiger partial charge in [-0.1, -0.05) is 45.0 Å². The zero-order valence-corrected chi connectivity index (χ0v) is 24.3. The molecule has 3 aromatic rings. The Bertz CT molecular complexity index is 1290. The molecular formula is C30H34BrNO4S. The monoisotopic (exact) mass is 583 g/mol. The van der Waals surface area contributed by atoms with Gasteiger partial charge in [-0.2, -0.15) is 0 Å². The van der Waals surface area contributed by atoms with Crippen LogP contribution in [0.2, 0.25) is 0 Å². The second-order valence-electron chi connectivity index (χ2n) is 10.4. The highest BCUT2D eigenvalue weighted by atomic mass is 79.9. The van der Waals surface area contributed by atoms with E-state index in [2.05, 4.69) is 72.3 Å². The van der Waals surface area contributed by atoms with Gasteiger partial charge in [0.2, 0.25) is 5.91 Å². The lowest BCUT2D eigenvalue weighted by atomic mass is 9.87. The summed E-state index contributed by atoms with van der Waals surface area (Å²) in [4.78, 5) is 25.4. The van der Waals surface area contributed by atoms with E-state index in [0.717, 1.165) is 34.2 Å². The first-order valence-corrected chi connectivity index (χ1v) is 14.4. The van der Waals surface area contributed by atoms with Crippen LogP contribution in [0.5, 0.6) is 5.75 Å². The molecule has 1 amide bonds. The standard InChI is InChI=1S/C30H34BrNO4S/c1-30(2,3)22-13-14-25(24(31)17-22)36-15-7-10-26(33)32-28-27(29(34)35-4)23(18-37-28)21-12-11-19-8-5-6-9-20(19)16-21/h11-14,16-18H,5-10,15H2,1-4H3,(H,32,33). The Hall–Kier alpha value is -2.64. The number of carbonyl (C=O) groups excluding carboxylic acids is 2. The van der Waals surface area contributed by atoms with Crippen LogP contribution in [-0.2, 0) is 27.8 Å². The number of amides is 1. The van der Waals surface area contributed by atoms with Crippen LogP contribution in [0.15, 0.2) is 46.3 Å². The minimum Gasteiger partial charge on any atom is -0.492 e. The number of carbonyl (C=O) groups is 2. The molecule has 1 aliphatic rings. The maximum atomic E-state index is 12.7. The van der Waals surface area contributed by atoms with E-state index in [1.165, 1.54) is 48.0 Å². The molecule has 0 radical (unpaired) electrons. The molecule has 0 atom stereocenters. The van der Waals surface area contributed by atoms with E-state index in [1.807, 2.05) is 11.4 Å². The molecule has 0 saturated carbocycles. The van der Waals surface area contributed by atoms with Crippen molar-refractivity contribution in [2.45, 2.75) is 64.7 Å². The average Bonchev–Trinajstić information content (AvgIpc) is 3.29. The topological polar surface area (TPSA) is 64.6 Å². The van der Waals surface area contributed by atoms with Crippen molar-refractivity contribution in [1.29, 1.82) is 0 Å². The Morgan fingerprint density at radius 2 is 1.81 bits per heavy atom.